The molecule has 0 amide bonds. The van der Waals surface area contributed by atoms with Gasteiger partial charge in [0, 0.05) is 12.1 Å². The third kappa shape index (κ3) is 1.76. The molecule has 3 unspecified atom stereocenters. The molecule has 1 aliphatic carbocycles. The molecule has 0 aromatic heterocycles. The summed E-state index contributed by atoms with van der Waals surface area (Å²) in [6.07, 6.45) is 0.931. The van der Waals surface area contributed by atoms with Crippen LogP contribution in [0, 0.1) is 17.6 Å². The lowest BCUT2D eigenvalue weighted by molar-refractivity contribution is 0.190. The quantitative estimate of drug-likeness (QED) is 0.793. The second-order valence-electron chi connectivity index (χ2n) is 4.26. The van der Waals surface area contributed by atoms with Crippen LogP contribution in [0.3, 0.4) is 0 Å². The molecule has 1 N–H and O–H groups in total. The first-order valence-corrected chi connectivity index (χ1v) is 5.25. The molecule has 0 spiro atoms. The number of halogens is 2. The number of hydrogen-bond donors (Lipinski definition) is 1. The first kappa shape index (κ1) is 10.6. The smallest absolute Gasteiger partial charge is 0.129 e. The third-order valence-electron chi connectivity index (χ3n) is 3.51. The van der Waals surface area contributed by atoms with Crippen molar-refractivity contribution in [3.63, 3.8) is 0 Å². The standard InChI is InChI=1S/C12H15F2N/c1-7-10(6-12(7)15-2)9-4-3-8(13)5-11(9)14/h3-5,7,10,12,15H,6H2,1-2H3. The van der Waals surface area contributed by atoms with Crippen molar-refractivity contribution in [3.05, 3.63) is 35.4 Å². The fraction of sp³-hybridized carbons (Fsp3) is 0.500. The van der Waals surface area contributed by atoms with E-state index in [-0.39, 0.29) is 5.92 Å². The molecule has 3 heteroatoms. The van der Waals surface area contributed by atoms with Gasteiger partial charge in [0.1, 0.15) is 11.6 Å². The topological polar surface area (TPSA) is 12.0 Å². The van der Waals surface area contributed by atoms with Crippen LogP contribution in [-0.2, 0) is 0 Å². The normalized spacial score (nSPS) is 30.0. The summed E-state index contributed by atoms with van der Waals surface area (Å²) in [5.41, 5.74) is 0.649. The molecule has 0 heterocycles. The molecule has 0 saturated heterocycles. The van der Waals surface area contributed by atoms with E-state index in [1.165, 1.54) is 6.07 Å². The van der Waals surface area contributed by atoms with Gasteiger partial charge in [-0.25, -0.2) is 8.78 Å². The van der Waals surface area contributed by atoms with Crippen molar-refractivity contribution < 1.29 is 8.78 Å². The molecular weight excluding hydrogens is 196 g/mol. The molecule has 1 fully saturated rings. The summed E-state index contributed by atoms with van der Waals surface area (Å²) in [7, 11) is 1.92. The van der Waals surface area contributed by atoms with Crippen molar-refractivity contribution in [2.45, 2.75) is 25.3 Å². The SMILES string of the molecule is CNC1CC(c2ccc(F)cc2F)C1C. The lowest BCUT2D eigenvalue weighted by Crippen LogP contribution is -2.46. The third-order valence-corrected chi connectivity index (χ3v) is 3.51. The van der Waals surface area contributed by atoms with Gasteiger partial charge in [-0.3, -0.25) is 0 Å². The highest BCUT2D eigenvalue weighted by Gasteiger charge is 2.38. The average molecular weight is 211 g/mol. The number of nitrogens with one attached hydrogen (secondary N) is 1. The predicted molar refractivity (Wildman–Crippen MR) is 55.7 cm³/mol. The Bertz CT molecular complexity index is 365. The molecule has 82 valence electrons. The second-order valence-corrected chi connectivity index (χ2v) is 4.26. The van der Waals surface area contributed by atoms with Crippen LogP contribution < -0.4 is 5.32 Å². The monoisotopic (exact) mass is 211 g/mol. The highest BCUT2D eigenvalue weighted by atomic mass is 19.1. The highest BCUT2D eigenvalue weighted by molar-refractivity contribution is 5.26. The van der Waals surface area contributed by atoms with Crippen LogP contribution in [0.4, 0.5) is 8.78 Å². The van der Waals surface area contributed by atoms with Gasteiger partial charge in [-0.05, 0) is 36.9 Å². The minimum atomic E-state index is -0.506. The van der Waals surface area contributed by atoms with Gasteiger partial charge < -0.3 is 5.32 Å². The Morgan fingerprint density at radius 2 is 2.07 bits per heavy atom. The van der Waals surface area contributed by atoms with E-state index >= 15 is 0 Å². The lowest BCUT2D eigenvalue weighted by atomic mass is 9.67. The lowest BCUT2D eigenvalue weighted by Gasteiger charge is -2.43. The summed E-state index contributed by atoms with van der Waals surface area (Å²) in [5, 5.41) is 3.19. The van der Waals surface area contributed by atoms with Gasteiger partial charge in [-0.1, -0.05) is 13.0 Å². The molecule has 1 aromatic carbocycles. The maximum Gasteiger partial charge on any atom is 0.129 e. The van der Waals surface area contributed by atoms with Crippen molar-refractivity contribution in [1.29, 1.82) is 0 Å². The Balaban J connectivity index is 2.18. The van der Waals surface area contributed by atoms with Crippen LogP contribution in [0.5, 0.6) is 0 Å². The average Bonchev–Trinajstić information content (AvgIpc) is 2.20. The second kappa shape index (κ2) is 3.89. The van der Waals surface area contributed by atoms with E-state index in [2.05, 4.69) is 12.2 Å². The Labute approximate surface area is 88.5 Å². The van der Waals surface area contributed by atoms with Gasteiger partial charge in [-0.2, -0.15) is 0 Å². The Kier molecular flexibility index (Phi) is 2.74. The van der Waals surface area contributed by atoms with E-state index in [0.717, 1.165) is 12.5 Å². The fourth-order valence-electron chi connectivity index (χ4n) is 2.38. The zero-order valence-corrected chi connectivity index (χ0v) is 8.93. The van der Waals surface area contributed by atoms with Crippen molar-refractivity contribution in [2.24, 2.45) is 5.92 Å². The first-order valence-electron chi connectivity index (χ1n) is 5.25. The van der Waals surface area contributed by atoms with Gasteiger partial charge >= 0.3 is 0 Å². The Morgan fingerprint density at radius 1 is 1.33 bits per heavy atom. The number of hydrogen-bond acceptors (Lipinski definition) is 1. The molecule has 1 aliphatic rings. The largest absolute Gasteiger partial charge is 0.317 e. The van der Waals surface area contributed by atoms with Crippen molar-refractivity contribution >= 4 is 0 Å². The fourth-order valence-corrected chi connectivity index (χ4v) is 2.38. The number of benzene rings is 1. The first-order chi connectivity index (χ1) is 7.13. The molecular formula is C12H15F2N. The summed E-state index contributed by atoms with van der Waals surface area (Å²) in [5.74, 6) is -0.284. The summed E-state index contributed by atoms with van der Waals surface area (Å²) in [6, 6.07) is 4.32. The van der Waals surface area contributed by atoms with E-state index in [9.17, 15) is 8.78 Å². The molecule has 0 aliphatic heterocycles. The minimum Gasteiger partial charge on any atom is -0.317 e. The predicted octanol–water partition coefficient (Wildman–Crippen LogP) is 2.68. The Morgan fingerprint density at radius 3 is 2.60 bits per heavy atom. The van der Waals surface area contributed by atoms with Crippen LogP contribution in [0.15, 0.2) is 18.2 Å². The molecule has 15 heavy (non-hydrogen) atoms. The van der Waals surface area contributed by atoms with E-state index < -0.39 is 11.6 Å². The van der Waals surface area contributed by atoms with Crippen LogP contribution in [0.25, 0.3) is 0 Å². The summed E-state index contributed by atoms with van der Waals surface area (Å²) < 4.78 is 26.2. The van der Waals surface area contributed by atoms with Gasteiger partial charge in [0.2, 0.25) is 0 Å². The maximum atomic E-state index is 13.5. The van der Waals surface area contributed by atoms with E-state index in [1.807, 2.05) is 7.05 Å². The van der Waals surface area contributed by atoms with Crippen LogP contribution >= 0.6 is 0 Å². The van der Waals surface area contributed by atoms with Gasteiger partial charge in [0.25, 0.3) is 0 Å². The Hall–Kier alpha value is -0.960. The number of rotatable bonds is 2. The van der Waals surface area contributed by atoms with Crippen molar-refractivity contribution in [2.75, 3.05) is 7.05 Å². The summed E-state index contributed by atoms with van der Waals surface area (Å²) >= 11 is 0. The molecule has 1 saturated carbocycles. The van der Waals surface area contributed by atoms with Gasteiger partial charge in [0.05, 0.1) is 0 Å². The van der Waals surface area contributed by atoms with Crippen LogP contribution in [-0.4, -0.2) is 13.1 Å². The molecule has 0 bridgehead atoms. The molecule has 3 atom stereocenters. The van der Waals surface area contributed by atoms with Crippen LogP contribution in [0.2, 0.25) is 0 Å². The minimum absolute atomic E-state index is 0.225. The highest BCUT2D eigenvalue weighted by Crippen LogP contribution is 2.43. The van der Waals surface area contributed by atoms with Crippen molar-refractivity contribution in [1.82, 2.24) is 5.32 Å². The van der Waals surface area contributed by atoms with Gasteiger partial charge in [0.15, 0.2) is 0 Å². The molecule has 2 rings (SSSR count). The molecule has 1 nitrogen and oxygen atoms in total. The zero-order chi connectivity index (χ0) is 11.0. The van der Waals surface area contributed by atoms with Gasteiger partial charge in [-0.15, -0.1) is 0 Å². The van der Waals surface area contributed by atoms with E-state index in [0.29, 0.717) is 17.5 Å². The summed E-state index contributed by atoms with van der Waals surface area (Å²) in [4.78, 5) is 0. The molecule has 1 aromatic rings. The zero-order valence-electron chi connectivity index (χ0n) is 8.93. The molecule has 0 radical (unpaired) electrons. The van der Waals surface area contributed by atoms with Crippen molar-refractivity contribution in [3.8, 4) is 0 Å². The maximum absolute atomic E-state index is 13.5. The van der Waals surface area contributed by atoms with E-state index in [4.69, 9.17) is 0 Å². The van der Waals surface area contributed by atoms with Crippen LogP contribution in [0.1, 0.15) is 24.8 Å². The summed E-state index contributed by atoms with van der Waals surface area (Å²) in [6.45, 7) is 2.10. The van der Waals surface area contributed by atoms with E-state index in [1.54, 1.807) is 6.07 Å².